The lowest BCUT2D eigenvalue weighted by molar-refractivity contribution is -0.0136. The van der Waals surface area contributed by atoms with E-state index in [1.807, 2.05) is 6.20 Å². The number of likely N-dealkylation sites (N-methyl/N-ethyl adjacent to an activating group) is 1. The van der Waals surface area contributed by atoms with E-state index >= 15 is 0 Å². The molecule has 0 spiro atoms. The van der Waals surface area contributed by atoms with E-state index in [4.69, 9.17) is 4.74 Å². The average Bonchev–Trinajstić information content (AvgIpc) is 2.90. The van der Waals surface area contributed by atoms with Crippen LogP contribution in [0.2, 0.25) is 0 Å². The van der Waals surface area contributed by atoms with Crippen molar-refractivity contribution in [1.82, 2.24) is 20.5 Å². The van der Waals surface area contributed by atoms with Crippen molar-refractivity contribution in [1.29, 1.82) is 0 Å². The van der Waals surface area contributed by atoms with Crippen molar-refractivity contribution >= 4 is 17.3 Å². The summed E-state index contributed by atoms with van der Waals surface area (Å²) >= 11 is 1.75. The van der Waals surface area contributed by atoms with E-state index in [1.54, 1.807) is 11.3 Å². The number of aromatic nitrogens is 1. The first-order valence-electron chi connectivity index (χ1n) is 7.91. The van der Waals surface area contributed by atoms with Crippen molar-refractivity contribution < 1.29 is 4.74 Å². The van der Waals surface area contributed by atoms with E-state index < -0.39 is 0 Å². The van der Waals surface area contributed by atoms with Crippen LogP contribution in [0.5, 0.6) is 0 Å². The number of hydrogen-bond donors (Lipinski definition) is 2. The number of aliphatic imine (C=N–C) groups is 1. The maximum Gasteiger partial charge on any atom is 0.191 e. The number of rotatable bonds is 6. The highest BCUT2D eigenvalue weighted by Gasteiger charge is 2.17. The number of nitrogens with one attached hydrogen (secondary N) is 2. The van der Waals surface area contributed by atoms with Crippen molar-refractivity contribution in [3.8, 4) is 0 Å². The van der Waals surface area contributed by atoms with Gasteiger partial charge in [0.15, 0.2) is 5.96 Å². The third-order valence-corrected chi connectivity index (χ3v) is 4.41. The van der Waals surface area contributed by atoms with Gasteiger partial charge in [0, 0.05) is 43.7 Å². The molecule has 0 aromatic carbocycles. The van der Waals surface area contributed by atoms with Crippen LogP contribution in [-0.4, -0.2) is 68.3 Å². The van der Waals surface area contributed by atoms with Gasteiger partial charge < -0.3 is 20.3 Å². The monoisotopic (exact) mass is 325 g/mol. The van der Waals surface area contributed by atoms with Crippen LogP contribution in [-0.2, 0) is 11.2 Å². The summed E-state index contributed by atoms with van der Waals surface area (Å²) in [6.07, 6.45) is 3.04. The molecule has 124 valence electrons. The van der Waals surface area contributed by atoms with Crippen molar-refractivity contribution in [3.63, 3.8) is 0 Å². The minimum Gasteiger partial charge on any atom is -0.374 e. The van der Waals surface area contributed by atoms with Gasteiger partial charge in [0.25, 0.3) is 0 Å². The first kappa shape index (κ1) is 17.2. The molecule has 1 unspecified atom stereocenters. The van der Waals surface area contributed by atoms with Crippen molar-refractivity contribution in [2.24, 2.45) is 4.99 Å². The third-order valence-electron chi connectivity index (χ3n) is 3.44. The van der Waals surface area contributed by atoms with Crippen LogP contribution < -0.4 is 10.6 Å². The fourth-order valence-corrected chi connectivity index (χ4v) is 3.10. The van der Waals surface area contributed by atoms with Gasteiger partial charge >= 0.3 is 0 Å². The molecular weight excluding hydrogens is 298 g/mol. The molecule has 22 heavy (non-hydrogen) atoms. The van der Waals surface area contributed by atoms with Crippen molar-refractivity contribution in [2.45, 2.75) is 26.4 Å². The van der Waals surface area contributed by atoms with Gasteiger partial charge in [-0.05, 0) is 20.9 Å². The highest BCUT2D eigenvalue weighted by Crippen LogP contribution is 2.10. The number of hydrogen-bond acceptors (Lipinski definition) is 5. The largest absolute Gasteiger partial charge is 0.374 e. The van der Waals surface area contributed by atoms with E-state index in [1.165, 1.54) is 4.88 Å². The molecule has 2 rings (SSSR count). The Labute approximate surface area is 137 Å². The molecule has 2 heterocycles. The summed E-state index contributed by atoms with van der Waals surface area (Å²) in [4.78, 5) is 12.6. The average molecular weight is 325 g/mol. The molecule has 1 aliphatic rings. The number of morpholine rings is 1. The summed E-state index contributed by atoms with van der Waals surface area (Å²) < 4.78 is 5.74. The Hall–Kier alpha value is -1.18. The van der Waals surface area contributed by atoms with Gasteiger partial charge in [-0.25, -0.2) is 4.98 Å². The predicted molar refractivity (Wildman–Crippen MR) is 91.8 cm³/mol. The second kappa shape index (κ2) is 9.07. The summed E-state index contributed by atoms with van der Waals surface area (Å²) in [6, 6.07) is 0. The topological polar surface area (TPSA) is 61.8 Å². The number of thiazole rings is 1. The van der Waals surface area contributed by atoms with E-state index in [9.17, 15) is 0 Å². The summed E-state index contributed by atoms with van der Waals surface area (Å²) in [7, 11) is 2.12. The van der Waals surface area contributed by atoms with Crippen LogP contribution in [0.3, 0.4) is 0 Å². The Bertz CT molecular complexity index is 476. The van der Waals surface area contributed by atoms with Gasteiger partial charge in [-0.1, -0.05) is 0 Å². The molecule has 0 amide bonds. The highest BCUT2D eigenvalue weighted by molar-refractivity contribution is 7.11. The third kappa shape index (κ3) is 5.90. The molecule has 1 fully saturated rings. The van der Waals surface area contributed by atoms with E-state index in [-0.39, 0.29) is 6.10 Å². The lowest BCUT2D eigenvalue weighted by Gasteiger charge is -2.29. The maximum atomic E-state index is 5.74. The standard InChI is InChI=1S/C15H27N5OS/c1-4-16-15(17-6-5-14-18-9-12(2)22-14)19-10-13-11-20(3)7-8-21-13/h9,13H,4-8,10-11H2,1-3H3,(H2,16,17,19). The van der Waals surface area contributed by atoms with Crippen LogP contribution in [0.1, 0.15) is 16.8 Å². The summed E-state index contributed by atoms with van der Waals surface area (Å²) in [5.74, 6) is 0.854. The van der Waals surface area contributed by atoms with Crippen molar-refractivity contribution in [2.75, 3.05) is 46.4 Å². The normalized spacial score (nSPS) is 20.1. The Morgan fingerprint density at radius 3 is 3.09 bits per heavy atom. The van der Waals surface area contributed by atoms with Gasteiger partial charge in [-0.3, -0.25) is 4.99 Å². The number of guanidine groups is 1. The second-order valence-corrected chi connectivity index (χ2v) is 6.84. The quantitative estimate of drug-likeness (QED) is 0.600. The van der Waals surface area contributed by atoms with E-state index in [0.717, 1.165) is 50.2 Å². The zero-order valence-corrected chi connectivity index (χ0v) is 14.6. The summed E-state index contributed by atoms with van der Waals surface area (Å²) in [5.41, 5.74) is 0. The summed E-state index contributed by atoms with van der Waals surface area (Å²) in [6.45, 7) is 9.29. The Morgan fingerprint density at radius 2 is 2.41 bits per heavy atom. The molecule has 1 aromatic heterocycles. The predicted octanol–water partition coefficient (Wildman–Crippen LogP) is 0.880. The van der Waals surface area contributed by atoms with Crippen LogP contribution in [0.15, 0.2) is 11.2 Å². The fourth-order valence-electron chi connectivity index (χ4n) is 2.32. The molecule has 0 aliphatic carbocycles. The molecule has 0 radical (unpaired) electrons. The van der Waals surface area contributed by atoms with Gasteiger partial charge in [0.1, 0.15) is 0 Å². The summed E-state index contributed by atoms with van der Waals surface area (Å²) in [5, 5.41) is 7.81. The molecule has 1 aliphatic heterocycles. The molecule has 1 atom stereocenters. The maximum absolute atomic E-state index is 5.74. The Balaban J connectivity index is 1.76. The molecule has 7 heteroatoms. The van der Waals surface area contributed by atoms with Crippen LogP contribution in [0.4, 0.5) is 0 Å². The molecule has 1 saturated heterocycles. The van der Waals surface area contributed by atoms with Crippen molar-refractivity contribution in [3.05, 3.63) is 16.1 Å². The van der Waals surface area contributed by atoms with Crippen LogP contribution in [0, 0.1) is 6.92 Å². The highest BCUT2D eigenvalue weighted by atomic mass is 32.1. The first-order chi connectivity index (χ1) is 10.7. The number of nitrogens with zero attached hydrogens (tertiary/aromatic N) is 3. The number of aryl methyl sites for hydroxylation is 1. The minimum atomic E-state index is 0.191. The lowest BCUT2D eigenvalue weighted by Crippen LogP contribution is -2.43. The molecule has 6 nitrogen and oxygen atoms in total. The van der Waals surface area contributed by atoms with Gasteiger partial charge in [0.05, 0.1) is 24.3 Å². The van der Waals surface area contributed by atoms with Crippen LogP contribution >= 0.6 is 11.3 Å². The second-order valence-electron chi connectivity index (χ2n) is 5.52. The van der Waals surface area contributed by atoms with Gasteiger partial charge in [-0.2, -0.15) is 0 Å². The first-order valence-corrected chi connectivity index (χ1v) is 8.72. The van der Waals surface area contributed by atoms with Gasteiger partial charge in [-0.15, -0.1) is 11.3 Å². The minimum absolute atomic E-state index is 0.191. The SMILES string of the molecule is CCNC(=NCC1CN(C)CCO1)NCCc1ncc(C)s1. The number of ether oxygens (including phenoxy) is 1. The molecule has 0 saturated carbocycles. The van der Waals surface area contributed by atoms with E-state index in [0.29, 0.717) is 6.54 Å². The van der Waals surface area contributed by atoms with Gasteiger partial charge in [0.2, 0.25) is 0 Å². The zero-order chi connectivity index (χ0) is 15.8. The molecule has 0 bridgehead atoms. The smallest absolute Gasteiger partial charge is 0.191 e. The molecule has 2 N–H and O–H groups in total. The fraction of sp³-hybridized carbons (Fsp3) is 0.733. The van der Waals surface area contributed by atoms with Crippen LogP contribution in [0.25, 0.3) is 0 Å². The Kier molecular flexibility index (Phi) is 7.08. The molecular formula is C15H27N5OS. The Morgan fingerprint density at radius 1 is 1.55 bits per heavy atom. The molecule has 1 aromatic rings. The zero-order valence-electron chi connectivity index (χ0n) is 13.8. The lowest BCUT2D eigenvalue weighted by atomic mass is 10.3. The van der Waals surface area contributed by atoms with E-state index in [2.05, 4.69) is 46.4 Å².